The number of hydrogen-bond acceptors (Lipinski definition) is 3. The van der Waals surface area contributed by atoms with E-state index in [-0.39, 0.29) is 0 Å². The van der Waals surface area contributed by atoms with Gasteiger partial charge in [-0.15, -0.1) is 11.3 Å². The molecule has 3 rings (SSSR count). The zero-order valence-corrected chi connectivity index (χ0v) is 11.9. The van der Waals surface area contributed by atoms with E-state index in [1.54, 1.807) is 11.3 Å². The van der Waals surface area contributed by atoms with Gasteiger partial charge < -0.3 is 4.74 Å². The summed E-state index contributed by atoms with van der Waals surface area (Å²) >= 11 is 5.10. The molecule has 0 aliphatic rings. The van der Waals surface area contributed by atoms with E-state index in [1.165, 1.54) is 4.70 Å². The molecule has 2 nitrogen and oxygen atoms in total. The van der Waals surface area contributed by atoms with Gasteiger partial charge in [-0.2, -0.15) is 0 Å². The predicted octanol–water partition coefficient (Wildman–Crippen LogP) is 4.64. The Balaban J connectivity index is 1.76. The lowest BCUT2D eigenvalue weighted by Gasteiger charge is -2.03. The van der Waals surface area contributed by atoms with Crippen molar-refractivity contribution in [3.05, 3.63) is 58.0 Å². The van der Waals surface area contributed by atoms with E-state index in [9.17, 15) is 0 Å². The number of hydrogen-bond donors (Lipinski definition) is 0. The van der Waals surface area contributed by atoms with Gasteiger partial charge >= 0.3 is 0 Å². The van der Waals surface area contributed by atoms with Crippen molar-refractivity contribution in [2.24, 2.45) is 0 Å². The van der Waals surface area contributed by atoms with Gasteiger partial charge in [-0.05, 0) is 30.3 Å². The summed E-state index contributed by atoms with van der Waals surface area (Å²) in [5.74, 6) is 0.851. The van der Waals surface area contributed by atoms with Crippen molar-refractivity contribution in [3.8, 4) is 5.75 Å². The number of aromatic nitrogens is 1. The Morgan fingerprint density at radius 3 is 2.83 bits per heavy atom. The Morgan fingerprint density at radius 1 is 1.11 bits per heavy atom. The SMILES string of the molecule is Brc1cccc(OCc2nc3ccccc3s2)c1. The summed E-state index contributed by atoms with van der Waals surface area (Å²) in [5, 5.41) is 0.996. The van der Waals surface area contributed by atoms with Crippen LogP contribution in [0.4, 0.5) is 0 Å². The highest BCUT2D eigenvalue weighted by Crippen LogP contribution is 2.24. The maximum absolute atomic E-state index is 5.72. The predicted molar refractivity (Wildman–Crippen MR) is 78.1 cm³/mol. The molecule has 0 saturated carbocycles. The largest absolute Gasteiger partial charge is 0.486 e. The second-order valence-corrected chi connectivity index (χ2v) is 5.85. The van der Waals surface area contributed by atoms with Gasteiger partial charge in [0.05, 0.1) is 10.2 Å². The maximum Gasteiger partial charge on any atom is 0.140 e. The lowest BCUT2D eigenvalue weighted by molar-refractivity contribution is 0.305. The van der Waals surface area contributed by atoms with Crippen LogP contribution in [0.25, 0.3) is 10.2 Å². The fourth-order valence-corrected chi connectivity index (χ4v) is 2.94. The van der Waals surface area contributed by atoms with Crippen molar-refractivity contribution >= 4 is 37.5 Å². The normalized spacial score (nSPS) is 10.7. The van der Waals surface area contributed by atoms with Crippen LogP contribution in [-0.4, -0.2) is 4.98 Å². The molecule has 0 spiro atoms. The molecule has 0 unspecified atom stereocenters. The highest BCUT2D eigenvalue weighted by Gasteiger charge is 2.03. The zero-order chi connectivity index (χ0) is 12.4. The lowest BCUT2D eigenvalue weighted by atomic mass is 10.3. The van der Waals surface area contributed by atoms with Gasteiger partial charge in [0.2, 0.25) is 0 Å². The van der Waals surface area contributed by atoms with E-state index in [0.29, 0.717) is 6.61 Å². The number of halogens is 1. The number of nitrogens with zero attached hydrogens (tertiary/aromatic N) is 1. The first-order valence-corrected chi connectivity index (χ1v) is 7.15. The number of ether oxygens (including phenoxy) is 1. The van der Waals surface area contributed by atoms with E-state index in [4.69, 9.17) is 4.74 Å². The van der Waals surface area contributed by atoms with Crippen LogP contribution in [0.1, 0.15) is 5.01 Å². The van der Waals surface area contributed by atoms with E-state index < -0.39 is 0 Å². The Kier molecular flexibility index (Phi) is 3.30. The Hall–Kier alpha value is -1.39. The number of thiazole rings is 1. The van der Waals surface area contributed by atoms with Crippen LogP contribution in [0, 0.1) is 0 Å². The van der Waals surface area contributed by atoms with E-state index >= 15 is 0 Å². The fourth-order valence-electron chi connectivity index (χ4n) is 1.68. The minimum atomic E-state index is 0.510. The zero-order valence-electron chi connectivity index (χ0n) is 9.47. The summed E-state index contributed by atoms with van der Waals surface area (Å²) in [5.41, 5.74) is 1.04. The van der Waals surface area contributed by atoms with Gasteiger partial charge in [-0.25, -0.2) is 4.98 Å². The van der Waals surface area contributed by atoms with Crippen LogP contribution in [0.5, 0.6) is 5.75 Å². The molecule has 90 valence electrons. The van der Waals surface area contributed by atoms with Gasteiger partial charge in [0.15, 0.2) is 0 Å². The maximum atomic E-state index is 5.72. The summed E-state index contributed by atoms with van der Waals surface area (Å²) in [7, 11) is 0. The van der Waals surface area contributed by atoms with E-state index in [0.717, 1.165) is 20.7 Å². The van der Waals surface area contributed by atoms with Crippen LogP contribution >= 0.6 is 27.3 Å². The number of benzene rings is 2. The summed E-state index contributed by atoms with van der Waals surface area (Å²) < 4.78 is 7.94. The second kappa shape index (κ2) is 5.08. The molecule has 0 atom stereocenters. The van der Waals surface area contributed by atoms with Crippen molar-refractivity contribution in [1.29, 1.82) is 0 Å². The number of fused-ring (bicyclic) bond motifs is 1. The Labute approximate surface area is 117 Å². The molecule has 1 aromatic heterocycles. The molecule has 0 N–H and O–H groups in total. The third-order valence-corrected chi connectivity index (χ3v) is 4.00. The highest BCUT2D eigenvalue weighted by atomic mass is 79.9. The molecule has 18 heavy (non-hydrogen) atoms. The van der Waals surface area contributed by atoms with Crippen molar-refractivity contribution in [3.63, 3.8) is 0 Å². The minimum absolute atomic E-state index is 0.510. The number of para-hydroxylation sites is 1. The molecule has 0 bridgehead atoms. The first kappa shape index (κ1) is 11.7. The summed E-state index contributed by atoms with van der Waals surface area (Å²) in [4.78, 5) is 4.53. The van der Waals surface area contributed by atoms with Crippen molar-refractivity contribution in [2.45, 2.75) is 6.61 Å². The summed E-state index contributed by atoms with van der Waals surface area (Å²) in [6.45, 7) is 0.510. The Bertz CT molecular complexity index is 647. The molecule has 0 radical (unpaired) electrons. The molecule has 4 heteroatoms. The minimum Gasteiger partial charge on any atom is -0.486 e. The summed E-state index contributed by atoms with van der Waals surface area (Å²) in [6, 6.07) is 16.0. The Morgan fingerprint density at radius 2 is 2.00 bits per heavy atom. The first-order chi connectivity index (χ1) is 8.81. The topological polar surface area (TPSA) is 22.1 Å². The third kappa shape index (κ3) is 2.54. The standard InChI is InChI=1S/C14H10BrNOS/c15-10-4-3-5-11(8-10)17-9-14-16-12-6-1-2-7-13(12)18-14/h1-8H,9H2. The van der Waals surface area contributed by atoms with E-state index in [2.05, 4.69) is 27.0 Å². The van der Waals surface area contributed by atoms with Crippen molar-refractivity contribution in [1.82, 2.24) is 4.98 Å². The van der Waals surface area contributed by atoms with Gasteiger partial charge in [-0.1, -0.05) is 34.1 Å². The average Bonchev–Trinajstić information content (AvgIpc) is 2.79. The quantitative estimate of drug-likeness (QED) is 0.701. The van der Waals surface area contributed by atoms with Gasteiger partial charge in [-0.3, -0.25) is 0 Å². The third-order valence-electron chi connectivity index (χ3n) is 2.50. The molecular weight excluding hydrogens is 310 g/mol. The molecular formula is C14H10BrNOS. The molecule has 0 amide bonds. The fraction of sp³-hybridized carbons (Fsp3) is 0.0714. The first-order valence-electron chi connectivity index (χ1n) is 5.54. The van der Waals surface area contributed by atoms with Crippen LogP contribution in [0.3, 0.4) is 0 Å². The molecule has 0 aliphatic heterocycles. The van der Waals surface area contributed by atoms with Crippen LogP contribution in [0.2, 0.25) is 0 Å². The molecule has 3 aromatic rings. The highest BCUT2D eigenvalue weighted by molar-refractivity contribution is 9.10. The van der Waals surface area contributed by atoms with Crippen molar-refractivity contribution < 1.29 is 4.74 Å². The van der Waals surface area contributed by atoms with Crippen LogP contribution in [-0.2, 0) is 6.61 Å². The molecule has 0 saturated heterocycles. The van der Waals surface area contributed by atoms with Gasteiger partial charge in [0.1, 0.15) is 17.4 Å². The smallest absolute Gasteiger partial charge is 0.140 e. The monoisotopic (exact) mass is 319 g/mol. The van der Waals surface area contributed by atoms with Gasteiger partial charge in [0, 0.05) is 4.47 Å². The molecule has 2 aromatic carbocycles. The number of rotatable bonds is 3. The molecule has 0 aliphatic carbocycles. The molecule has 1 heterocycles. The van der Waals surface area contributed by atoms with Crippen molar-refractivity contribution in [2.75, 3.05) is 0 Å². The summed E-state index contributed by atoms with van der Waals surface area (Å²) in [6.07, 6.45) is 0. The van der Waals surface area contributed by atoms with Crippen LogP contribution in [0.15, 0.2) is 53.0 Å². The molecule has 0 fully saturated rings. The van der Waals surface area contributed by atoms with Crippen LogP contribution < -0.4 is 4.74 Å². The second-order valence-electron chi connectivity index (χ2n) is 3.82. The lowest BCUT2D eigenvalue weighted by Crippen LogP contribution is -1.94. The van der Waals surface area contributed by atoms with Gasteiger partial charge in [0.25, 0.3) is 0 Å². The average molecular weight is 320 g/mol. The van der Waals surface area contributed by atoms with E-state index in [1.807, 2.05) is 42.5 Å².